The standard InChI is InChI=1S/C15H15ClN2O4/c1-18-13-8-4-5-10(22-7-2-3-7)11(16)14(8)21-6-9(13)12(17)15(19)20/h4-5,7,17-18H,2-3,6H2,1H3,(H,19,20). The minimum Gasteiger partial charge on any atom is -0.489 e. The smallest absolute Gasteiger partial charge is 0.354 e. The van der Waals surface area contributed by atoms with Gasteiger partial charge in [-0.05, 0) is 25.0 Å². The van der Waals surface area contributed by atoms with Gasteiger partial charge in [0.2, 0.25) is 0 Å². The fraction of sp³-hybridized carbons (Fsp3) is 0.333. The number of aliphatic carboxylic acids is 1. The first-order valence-corrected chi connectivity index (χ1v) is 7.26. The number of rotatable bonds is 5. The monoisotopic (exact) mass is 322 g/mol. The highest BCUT2D eigenvalue weighted by Crippen LogP contribution is 2.44. The first-order chi connectivity index (χ1) is 10.5. The summed E-state index contributed by atoms with van der Waals surface area (Å²) in [5, 5.41) is 20.0. The van der Waals surface area contributed by atoms with Crippen molar-refractivity contribution in [2.75, 3.05) is 13.7 Å². The molecule has 0 spiro atoms. The Morgan fingerprint density at radius 3 is 2.82 bits per heavy atom. The molecule has 3 N–H and O–H groups in total. The van der Waals surface area contributed by atoms with E-state index in [-0.39, 0.29) is 18.3 Å². The summed E-state index contributed by atoms with van der Waals surface area (Å²) < 4.78 is 11.3. The number of benzene rings is 1. The van der Waals surface area contributed by atoms with E-state index in [2.05, 4.69) is 5.32 Å². The molecule has 0 bridgehead atoms. The second-order valence-electron chi connectivity index (χ2n) is 5.14. The zero-order chi connectivity index (χ0) is 15.9. The summed E-state index contributed by atoms with van der Waals surface area (Å²) in [7, 11) is 1.67. The molecule has 3 rings (SSSR count). The van der Waals surface area contributed by atoms with Gasteiger partial charge in [0.15, 0.2) is 5.75 Å². The van der Waals surface area contributed by atoms with Crippen LogP contribution in [-0.4, -0.2) is 36.5 Å². The Hall–Kier alpha value is -2.21. The molecule has 116 valence electrons. The Bertz CT molecular complexity index is 695. The highest BCUT2D eigenvalue weighted by atomic mass is 35.5. The van der Waals surface area contributed by atoms with E-state index in [9.17, 15) is 4.79 Å². The number of carbonyl (C=O) groups is 1. The number of carboxylic acids is 1. The van der Waals surface area contributed by atoms with Crippen molar-refractivity contribution < 1.29 is 19.4 Å². The van der Waals surface area contributed by atoms with Crippen LogP contribution in [0.1, 0.15) is 18.4 Å². The lowest BCUT2D eigenvalue weighted by Crippen LogP contribution is -2.27. The van der Waals surface area contributed by atoms with Gasteiger partial charge in [0, 0.05) is 18.2 Å². The SMILES string of the molecule is CNC1=C(C(=N)C(=O)O)COc2c1ccc(OC1CC1)c2Cl. The number of hydrogen-bond donors (Lipinski definition) is 3. The summed E-state index contributed by atoms with van der Waals surface area (Å²) in [4.78, 5) is 11.0. The molecule has 1 heterocycles. The third-order valence-corrected chi connectivity index (χ3v) is 3.94. The summed E-state index contributed by atoms with van der Waals surface area (Å²) in [5.74, 6) is -0.282. The van der Waals surface area contributed by atoms with Crippen LogP contribution in [0.15, 0.2) is 17.7 Å². The minimum atomic E-state index is -1.30. The maximum absolute atomic E-state index is 11.0. The predicted molar refractivity (Wildman–Crippen MR) is 81.9 cm³/mol. The Morgan fingerprint density at radius 1 is 1.50 bits per heavy atom. The average Bonchev–Trinajstić information content (AvgIpc) is 3.32. The molecule has 6 nitrogen and oxygen atoms in total. The van der Waals surface area contributed by atoms with Gasteiger partial charge >= 0.3 is 5.97 Å². The topological polar surface area (TPSA) is 91.6 Å². The number of halogens is 1. The molecule has 22 heavy (non-hydrogen) atoms. The van der Waals surface area contributed by atoms with Gasteiger partial charge in [0.05, 0.1) is 11.8 Å². The van der Waals surface area contributed by atoms with Gasteiger partial charge in [0.1, 0.15) is 23.1 Å². The van der Waals surface area contributed by atoms with Crippen LogP contribution in [0, 0.1) is 5.41 Å². The van der Waals surface area contributed by atoms with Crippen molar-refractivity contribution in [1.29, 1.82) is 5.41 Å². The van der Waals surface area contributed by atoms with Gasteiger partial charge in [0.25, 0.3) is 0 Å². The number of carboxylic acid groups (broad SMARTS) is 1. The zero-order valence-electron chi connectivity index (χ0n) is 11.9. The van der Waals surface area contributed by atoms with Gasteiger partial charge in [-0.1, -0.05) is 11.6 Å². The quantitative estimate of drug-likeness (QED) is 0.724. The van der Waals surface area contributed by atoms with Crippen molar-refractivity contribution >= 4 is 29.0 Å². The van der Waals surface area contributed by atoms with E-state index >= 15 is 0 Å². The van der Waals surface area contributed by atoms with E-state index in [0.717, 1.165) is 12.8 Å². The van der Waals surface area contributed by atoms with Gasteiger partial charge in [-0.3, -0.25) is 5.41 Å². The number of ether oxygens (including phenoxy) is 2. The average molecular weight is 323 g/mol. The van der Waals surface area contributed by atoms with E-state index in [1.54, 1.807) is 19.2 Å². The molecule has 0 amide bonds. The maximum Gasteiger partial charge on any atom is 0.354 e. The van der Waals surface area contributed by atoms with Crippen LogP contribution in [0.25, 0.3) is 5.70 Å². The van der Waals surface area contributed by atoms with Gasteiger partial charge in [-0.2, -0.15) is 0 Å². The van der Waals surface area contributed by atoms with Crippen molar-refractivity contribution in [1.82, 2.24) is 5.32 Å². The Labute approximate surface area is 132 Å². The van der Waals surface area contributed by atoms with Crippen LogP contribution in [0.5, 0.6) is 11.5 Å². The van der Waals surface area contributed by atoms with Crippen LogP contribution in [-0.2, 0) is 4.79 Å². The fourth-order valence-electron chi connectivity index (χ4n) is 2.32. The van der Waals surface area contributed by atoms with E-state index in [1.807, 2.05) is 0 Å². The van der Waals surface area contributed by atoms with Crippen LogP contribution < -0.4 is 14.8 Å². The van der Waals surface area contributed by atoms with Crippen LogP contribution in [0.3, 0.4) is 0 Å². The second kappa shape index (κ2) is 5.53. The Balaban J connectivity index is 2.04. The lowest BCUT2D eigenvalue weighted by atomic mass is 9.99. The predicted octanol–water partition coefficient (Wildman–Crippen LogP) is 2.31. The molecule has 2 aliphatic rings. The third kappa shape index (κ3) is 2.50. The van der Waals surface area contributed by atoms with E-state index in [0.29, 0.717) is 27.8 Å². The number of fused-ring (bicyclic) bond motifs is 1. The normalized spacial score (nSPS) is 16.6. The molecule has 0 saturated heterocycles. The first-order valence-electron chi connectivity index (χ1n) is 6.88. The largest absolute Gasteiger partial charge is 0.489 e. The van der Waals surface area contributed by atoms with Crippen molar-refractivity contribution in [2.45, 2.75) is 18.9 Å². The molecule has 1 aliphatic heterocycles. The molecular weight excluding hydrogens is 308 g/mol. The fourth-order valence-corrected chi connectivity index (χ4v) is 2.59. The molecule has 0 atom stereocenters. The molecule has 1 fully saturated rings. The summed E-state index contributed by atoms with van der Waals surface area (Å²) in [6, 6.07) is 3.51. The third-order valence-electron chi connectivity index (χ3n) is 3.58. The van der Waals surface area contributed by atoms with Gasteiger partial charge < -0.3 is 19.9 Å². The Morgan fingerprint density at radius 2 is 2.23 bits per heavy atom. The van der Waals surface area contributed by atoms with Gasteiger partial charge in [-0.15, -0.1) is 0 Å². The molecule has 1 saturated carbocycles. The van der Waals surface area contributed by atoms with Crippen molar-refractivity contribution in [2.24, 2.45) is 0 Å². The highest BCUT2D eigenvalue weighted by molar-refractivity contribution is 6.43. The minimum absolute atomic E-state index is 0.0269. The van der Waals surface area contributed by atoms with E-state index in [4.69, 9.17) is 31.6 Å². The van der Waals surface area contributed by atoms with Crippen LogP contribution >= 0.6 is 11.6 Å². The second-order valence-corrected chi connectivity index (χ2v) is 5.52. The molecule has 0 unspecified atom stereocenters. The molecular formula is C15H15ClN2O4. The molecule has 1 aliphatic carbocycles. The highest BCUT2D eigenvalue weighted by Gasteiger charge is 2.30. The van der Waals surface area contributed by atoms with Crippen molar-refractivity contribution in [3.63, 3.8) is 0 Å². The molecule has 0 radical (unpaired) electrons. The first kappa shape index (κ1) is 14.7. The molecule has 7 heteroatoms. The maximum atomic E-state index is 11.0. The number of nitrogens with one attached hydrogen (secondary N) is 2. The number of hydrogen-bond acceptors (Lipinski definition) is 5. The van der Waals surface area contributed by atoms with Crippen molar-refractivity contribution in [3.05, 3.63) is 28.3 Å². The summed E-state index contributed by atoms with van der Waals surface area (Å²) in [6.45, 7) is -0.0269. The molecule has 1 aromatic rings. The Kier molecular flexibility index (Phi) is 3.70. The van der Waals surface area contributed by atoms with E-state index < -0.39 is 11.7 Å². The van der Waals surface area contributed by atoms with Crippen molar-refractivity contribution in [3.8, 4) is 11.5 Å². The van der Waals surface area contributed by atoms with Crippen LogP contribution in [0.4, 0.5) is 0 Å². The summed E-state index contributed by atoms with van der Waals surface area (Å²) in [5.41, 5.74) is 0.954. The van der Waals surface area contributed by atoms with Gasteiger partial charge in [-0.25, -0.2) is 4.79 Å². The summed E-state index contributed by atoms with van der Waals surface area (Å²) in [6.07, 6.45) is 2.26. The summed E-state index contributed by atoms with van der Waals surface area (Å²) >= 11 is 6.34. The van der Waals surface area contributed by atoms with E-state index in [1.165, 1.54) is 0 Å². The molecule has 1 aromatic carbocycles. The molecule has 0 aromatic heterocycles. The lowest BCUT2D eigenvalue weighted by Gasteiger charge is -2.25. The van der Waals surface area contributed by atoms with Crippen LogP contribution in [0.2, 0.25) is 5.02 Å². The lowest BCUT2D eigenvalue weighted by molar-refractivity contribution is -0.129. The zero-order valence-corrected chi connectivity index (χ0v) is 12.7.